The molecule has 2 rings (SSSR count). The Morgan fingerprint density at radius 3 is 2.67 bits per heavy atom. The van der Waals surface area contributed by atoms with Crippen LogP contribution in [0.25, 0.3) is 0 Å². The summed E-state index contributed by atoms with van der Waals surface area (Å²) in [5, 5.41) is 3.45. The van der Waals surface area contributed by atoms with Crippen molar-refractivity contribution < 1.29 is 23.9 Å². The maximum Gasteiger partial charge on any atom is 0.341 e. The van der Waals surface area contributed by atoms with E-state index in [4.69, 9.17) is 4.74 Å². The Bertz CT molecular complexity index is 682. The van der Waals surface area contributed by atoms with Crippen LogP contribution in [0.2, 0.25) is 0 Å². The van der Waals surface area contributed by atoms with Gasteiger partial charge in [0.1, 0.15) is 5.00 Å². The summed E-state index contributed by atoms with van der Waals surface area (Å²) in [6, 6.07) is 0. The zero-order valence-electron chi connectivity index (χ0n) is 16.4. The molecule has 1 N–H and O–H groups in total. The molecule has 0 fully saturated rings. The van der Waals surface area contributed by atoms with Gasteiger partial charge in [-0.3, -0.25) is 9.59 Å². The van der Waals surface area contributed by atoms with Crippen molar-refractivity contribution in [2.24, 2.45) is 5.92 Å². The van der Waals surface area contributed by atoms with Crippen molar-refractivity contribution in [1.82, 2.24) is 0 Å². The van der Waals surface area contributed by atoms with Crippen LogP contribution in [0.1, 0.15) is 73.2 Å². The van der Waals surface area contributed by atoms with Crippen molar-refractivity contribution in [2.45, 2.75) is 65.2 Å². The summed E-state index contributed by atoms with van der Waals surface area (Å²) in [4.78, 5) is 37.1. The summed E-state index contributed by atoms with van der Waals surface area (Å²) in [6.45, 7) is 4.27. The second kappa shape index (κ2) is 10.4. The molecule has 0 radical (unpaired) electrons. The monoisotopic (exact) mass is 395 g/mol. The highest BCUT2D eigenvalue weighted by Crippen LogP contribution is 2.41. The van der Waals surface area contributed by atoms with Gasteiger partial charge in [0.05, 0.1) is 19.3 Å². The summed E-state index contributed by atoms with van der Waals surface area (Å²) in [6.07, 6.45) is 6.03. The average molecular weight is 396 g/mol. The highest BCUT2D eigenvalue weighted by atomic mass is 32.1. The molecule has 0 unspecified atom stereocenters. The van der Waals surface area contributed by atoms with E-state index in [2.05, 4.69) is 17.0 Å². The molecule has 1 aliphatic carbocycles. The molecule has 6 nitrogen and oxygen atoms in total. The van der Waals surface area contributed by atoms with Gasteiger partial charge in [-0.15, -0.1) is 11.3 Å². The van der Waals surface area contributed by atoms with E-state index >= 15 is 0 Å². The Morgan fingerprint density at radius 1 is 1.22 bits per heavy atom. The van der Waals surface area contributed by atoms with E-state index < -0.39 is 0 Å². The number of esters is 2. The lowest BCUT2D eigenvalue weighted by molar-refractivity contribution is -0.140. The highest BCUT2D eigenvalue weighted by molar-refractivity contribution is 7.17. The van der Waals surface area contributed by atoms with Gasteiger partial charge >= 0.3 is 11.9 Å². The van der Waals surface area contributed by atoms with E-state index in [9.17, 15) is 14.4 Å². The molecular weight excluding hydrogens is 366 g/mol. The molecule has 1 atom stereocenters. The van der Waals surface area contributed by atoms with Crippen LogP contribution < -0.4 is 5.32 Å². The fourth-order valence-electron chi connectivity index (χ4n) is 3.50. The maximum atomic E-state index is 12.5. The zero-order chi connectivity index (χ0) is 19.8. The van der Waals surface area contributed by atoms with Crippen LogP contribution in [0.4, 0.5) is 5.00 Å². The van der Waals surface area contributed by atoms with Gasteiger partial charge in [-0.25, -0.2) is 4.79 Å². The third kappa shape index (κ3) is 5.79. The summed E-state index contributed by atoms with van der Waals surface area (Å²) in [5.41, 5.74) is 1.56. The molecule has 7 heteroatoms. The molecule has 1 amide bonds. The van der Waals surface area contributed by atoms with Crippen LogP contribution in [0.3, 0.4) is 0 Å². The highest BCUT2D eigenvalue weighted by Gasteiger charge is 2.30. The Morgan fingerprint density at radius 2 is 2.00 bits per heavy atom. The topological polar surface area (TPSA) is 81.7 Å². The minimum atomic E-state index is -0.367. The van der Waals surface area contributed by atoms with Gasteiger partial charge in [0.25, 0.3) is 0 Å². The van der Waals surface area contributed by atoms with Crippen LogP contribution in [0.5, 0.6) is 0 Å². The fraction of sp³-hybridized carbons (Fsp3) is 0.650. The number of hydrogen-bond acceptors (Lipinski definition) is 6. The van der Waals surface area contributed by atoms with Crippen molar-refractivity contribution in [1.29, 1.82) is 0 Å². The van der Waals surface area contributed by atoms with E-state index in [0.29, 0.717) is 29.5 Å². The van der Waals surface area contributed by atoms with Gasteiger partial charge in [0, 0.05) is 17.7 Å². The van der Waals surface area contributed by atoms with Crippen molar-refractivity contribution in [2.75, 3.05) is 19.0 Å². The van der Waals surface area contributed by atoms with Gasteiger partial charge in [0.2, 0.25) is 5.91 Å². The molecular formula is C20H29NO5S. The van der Waals surface area contributed by atoms with E-state index in [1.807, 2.05) is 0 Å². The number of carbonyl (C=O) groups excluding carboxylic acids is 3. The number of rotatable bonds is 9. The number of methoxy groups -OCH3 is 1. The molecule has 150 valence electrons. The normalized spacial score (nSPS) is 15.7. The van der Waals surface area contributed by atoms with E-state index in [-0.39, 0.29) is 30.7 Å². The number of thiophene rings is 1. The summed E-state index contributed by atoms with van der Waals surface area (Å²) in [7, 11) is 1.33. The van der Waals surface area contributed by atoms with Gasteiger partial charge in [-0.2, -0.15) is 0 Å². The molecule has 0 saturated carbocycles. The third-order valence-corrected chi connectivity index (χ3v) is 5.98. The molecule has 0 aliphatic heterocycles. The molecule has 0 aromatic carbocycles. The number of anilines is 1. The van der Waals surface area contributed by atoms with E-state index in [1.54, 1.807) is 6.92 Å². The Kier molecular flexibility index (Phi) is 8.28. The predicted molar refractivity (Wildman–Crippen MR) is 105 cm³/mol. The smallest absolute Gasteiger partial charge is 0.341 e. The van der Waals surface area contributed by atoms with Crippen LogP contribution >= 0.6 is 11.3 Å². The first-order valence-corrected chi connectivity index (χ1v) is 10.5. The predicted octanol–water partition coefficient (Wildman–Crippen LogP) is 4.11. The number of fused-ring (bicyclic) bond motifs is 1. The lowest BCUT2D eigenvalue weighted by Gasteiger charge is -2.21. The van der Waals surface area contributed by atoms with Gasteiger partial charge in [-0.1, -0.05) is 19.8 Å². The molecule has 0 bridgehead atoms. The molecule has 1 aromatic rings. The summed E-state index contributed by atoms with van der Waals surface area (Å²) >= 11 is 1.49. The second-order valence-electron chi connectivity index (χ2n) is 6.80. The average Bonchev–Trinajstić information content (AvgIpc) is 2.98. The molecule has 1 heterocycles. The quantitative estimate of drug-likeness (QED) is 0.636. The Labute approximate surface area is 164 Å². The SMILES string of the molecule is CCC[C@@H]1CCc2c(sc(NC(=O)CCCC(=O)OC)c2C(=O)OCC)C1. The van der Waals surface area contributed by atoms with Crippen LogP contribution in [-0.2, 0) is 31.9 Å². The zero-order valence-corrected chi connectivity index (χ0v) is 17.2. The van der Waals surface area contributed by atoms with Crippen LogP contribution in [-0.4, -0.2) is 31.6 Å². The maximum absolute atomic E-state index is 12.5. The Hall–Kier alpha value is -1.89. The number of hydrogen-bond donors (Lipinski definition) is 1. The van der Waals surface area contributed by atoms with Crippen molar-refractivity contribution in [3.05, 3.63) is 16.0 Å². The van der Waals surface area contributed by atoms with Gasteiger partial charge in [0.15, 0.2) is 0 Å². The summed E-state index contributed by atoms with van der Waals surface area (Å²) in [5.74, 6) is -0.259. The Balaban J connectivity index is 2.13. The standard InChI is InChI=1S/C20H29NO5S/c1-4-7-13-10-11-14-15(12-13)27-19(18(14)20(24)26-5-2)21-16(22)8-6-9-17(23)25-3/h13H,4-12H2,1-3H3,(H,21,22)/t13-/m1/s1. The first-order valence-electron chi connectivity index (χ1n) is 9.68. The molecule has 1 aromatic heterocycles. The first-order chi connectivity index (χ1) is 13.0. The minimum absolute atomic E-state index is 0.201. The molecule has 27 heavy (non-hydrogen) atoms. The molecule has 0 spiro atoms. The first kappa shape index (κ1) is 21.4. The van der Waals surface area contributed by atoms with Gasteiger partial charge in [-0.05, 0) is 44.1 Å². The van der Waals surface area contributed by atoms with Gasteiger partial charge < -0.3 is 14.8 Å². The van der Waals surface area contributed by atoms with Crippen LogP contribution in [0.15, 0.2) is 0 Å². The molecule has 0 saturated heterocycles. The largest absolute Gasteiger partial charge is 0.469 e. The molecule has 1 aliphatic rings. The fourth-order valence-corrected chi connectivity index (χ4v) is 4.87. The number of carbonyl (C=O) groups is 3. The van der Waals surface area contributed by atoms with Crippen molar-refractivity contribution in [3.8, 4) is 0 Å². The summed E-state index contributed by atoms with van der Waals surface area (Å²) < 4.78 is 9.81. The third-order valence-electron chi connectivity index (χ3n) is 4.81. The number of ether oxygens (including phenoxy) is 2. The number of amides is 1. The lowest BCUT2D eigenvalue weighted by atomic mass is 9.84. The van der Waals surface area contributed by atoms with Crippen molar-refractivity contribution >= 4 is 34.2 Å². The minimum Gasteiger partial charge on any atom is -0.469 e. The number of nitrogens with one attached hydrogen (secondary N) is 1. The van der Waals surface area contributed by atoms with E-state index in [0.717, 1.165) is 31.2 Å². The second-order valence-corrected chi connectivity index (χ2v) is 7.91. The van der Waals surface area contributed by atoms with Crippen LogP contribution in [0, 0.1) is 5.92 Å². The lowest BCUT2D eigenvalue weighted by Crippen LogP contribution is -2.17. The van der Waals surface area contributed by atoms with Crippen molar-refractivity contribution in [3.63, 3.8) is 0 Å². The van der Waals surface area contributed by atoms with E-state index in [1.165, 1.54) is 29.7 Å².